The Morgan fingerprint density at radius 3 is 3.11 bits per heavy atom. The predicted octanol–water partition coefficient (Wildman–Crippen LogP) is 1.61. The Hall–Kier alpha value is -1.53. The number of carbonyl (C=O) groups is 1. The Labute approximate surface area is 114 Å². The van der Waals surface area contributed by atoms with E-state index >= 15 is 0 Å². The number of amides is 1. The summed E-state index contributed by atoms with van der Waals surface area (Å²) in [5, 5.41) is 6.53. The van der Waals surface area contributed by atoms with Crippen LogP contribution in [0.2, 0.25) is 0 Å². The molecule has 0 bridgehead atoms. The molecular formula is C13H14FN3OS. The van der Waals surface area contributed by atoms with Gasteiger partial charge in [0.2, 0.25) is 5.91 Å². The SMILES string of the molecule is O=C(NCc1nc2ccccc2s1)[C@@H]1C[C@@H](F)CN1. The number of thiazole rings is 1. The van der Waals surface area contributed by atoms with Gasteiger partial charge in [0.15, 0.2) is 0 Å². The summed E-state index contributed by atoms with van der Waals surface area (Å²) in [5.74, 6) is -0.153. The first kappa shape index (κ1) is 12.5. The third-order valence-corrected chi connectivity index (χ3v) is 4.18. The molecule has 0 spiro atoms. The van der Waals surface area contributed by atoms with Crippen molar-refractivity contribution in [2.75, 3.05) is 6.54 Å². The number of nitrogens with zero attached hydrogens (tertiary/aromatic N) is 1. The normalized spacial score (nSPS) is 22.8. The first-order valence-corrected chi connectivity index (χ1v) is 7.03. The zero-order valence-corrected chi connectivity index (χ0v) is 11.0. The molecule has 3 rings (SSSR count). The van der Waals surface area contributed by atoms with Gasteiger partial charge in [0.1, 0.15) is 11.2 Å². The van der Waals surface area contributed by atoms with Crippen molar-refractivity contribution in [2.45, 2.75) is 25.2 Å². The lowest BCUT2D eigenvalue weighted by molar-refractivity contribution is -0.123. The maximum atomic E-state index is 13.0. The number of hydrogen-bond acceptors (Lipinski definition) is 4. The lowest BCUT2D eigenvalue weighted by Gasteiger charge is -2.09. The molecule has 1 aliphatic rings. The quantitative estimate of drug-likeness (QED) is 0.897. The standard InChI is InChI=1S/C13H14FN3OS/c14-8-5-10(15-6-8)13(18)16-7-12-17-9-3-1-2-4-11(9)19-12/h1-4,8,10,15H,5-7H2,(H,16,18)/t8-,10+/m1/s1. The van der Waals surface area contributed by atoms with E-state index in [1.165, 1.54) is 0 Å². The van der Waals surface area contributed by atoms with Crippen LogP contribution in [0.15, 0.2) is 24.3 Å². The fraction of sp³-hybridized carbons (Fsp3) is 0.385. The van der Waals surface area contributed by atoms with Crippen molar-refractivity contribution in [1.82, 2.24) is 15.6 Å². The predicted molar refractivity (Wildman–Crippen MR) is 72.8 cm³/mol. The van der Waals surface area contributed by atoms with Gasteiger partial charge in [-0.25, -0.2) is 9.37 Å². The van der Waals surface area contributed by atoms with Crippen molar-refractivity contribution in [3.8, 4) is 0 Å². The number of alkyl halides is 1. The van der Waals surface area contributed by atoms with Crippen molar-refractivity contribution in [3.05, 3.63) is 29.3 Å². The van der Waals surface area contributed by atoms with Crippen LogP contribution in [0.5, 0.6) is 0 Å². The zero-order valence-electron chi connectivity index (χ0n) is 10.2. The summed E-state index contributed by atoms with van der Waals surface area (Å²) in [6.07, 6.45) is -0.663. The van der Waals surface area contributed by atoms with Crippen molar-refractivity contribution < 1.29 is 9.18 Å². The number of carbonyl (C=O) groups excluding carboxylic acids is 1. The van der Waals surface area contributed by atoms with Gasteiger partial charge >= 0.3 is 0 Å². The third-order valence-electron chi connectivity index (χ3n) is 3.15. The number of fused-ring (bicyclic) bond motifs is 1. The molecule has 2 N–H and O–H groups in total. The topological polar surface area (TPSA) is 54.0 Å². The van der Waals surface area contributed by atoms with Crippen LogP contribution in [0.25, 0.3) is 10.2 Å². The Balaban J connectivity index is 1.61. The van der Waals surface area contributed by atoms with Crippen molar-refractivity contribution in [1.29, 1.82) is 0 Å². The lowest BCUT2D eigenvalue weighted by Crippen LogP contribution is -2.39. The van der Waals surface area contributed by atoms with Crippen molar-refractivity contribution in [3.63, 3.8) is 0 Å². The molecule has 19 heavy (non-hydrogen) atoms. The maximum Gasteiger partial charge on any atom is 0.237 e. The number of hydrogen-bond donors (Lipinski definition) is 2. The number of rotatable bonds is 3. The van der Waals surface area contributed by atoms with Gasteiger partial charge in [-0.05, 0) is 12.1 Å². The second-order valence-electron chi connectivity index (χ2n) is 4.59. The van der Waals surface area contributed by atoms with Gasteiger partial charge in [0, 0.05) is 13.0 Å². The van der Waals surface area contributed by atoms with E-state index in [1.54, 1.807) is 11.3 Å². The van der Waals surface area contributed by atoms with Crippen molar-refractivity contribution in [2.24, 2.45) is 0 Å². The van der Waals surface area contributed by atoms with Crippen LogP contribution < -0.4 is 10.6 Å². The van der Waals surface area contributed by atoms with Gasteiger partial charge in [0.25, 0.3) is 0 Å². The Kier molecular flexibility index (Phi) is 3.44. The fourth-order valence-corrected chi connectivity index (χ4v) is 3.08. The van der Waals surface area contributed by atoms with E-state index in [2.05, 4.69) is 15.6 Å². The van der Waals surface area contributed by atoms with Crippen LogP contribution in [-0.4, -0.2) is 29.6 Å². The molecule has 2 atom stereocenters. The van der Waals surface area contributed by atoms with Crippen LogP contribution in [0.1, 0.15) is 11.4 Å². The van der Waals surface area contributed by atoms with E-state index in [9.17, 15) is 9.18 Å². The molecule has 2 heterocycles. The minimum atomic E-state index is -0.918. The molecule has 1 fully saturated rings. The molecular weight excluding hydrogens is 265 g/mol. The molecule has 1 aromatic heterocycles. The second kappa shape index (κ2) is 5.22. The van der Waals surface area contributed by atoms with Gasteiger partial charge in [-0.15, -0.1) is 11.3 Å². The van der Waals surface area contributed by atoms with E-state index in [0.717, 1.165) is 15.2 Å². The molecule has 2 aromatic rings. The summed E-state index contributed by atoms with van der Waals surface area (Å²) in [7, 11) is 0. The number of aromatic nitrogens is 1. The van der Waals surface area contributed by atoms with Crippen LogP contribution in [0.3, 0.4) is 0 Å². The highest BCUT2D eigenvalue weighted by Gasteiger charge is 2.28. The molecule has 6 heteroatoms. The first-order valence-electron chi connectivity index (χ1n) is 6.22. The molecule has 1 saturated heterocycles. The Morgan fingerprint density at radius 2 is 2.37 bits per heavy atom. The highest BCUT2D eigenvalue weighted by molar-refractivity contribution is 7.18. The van der Waals surface area contributed by atoms with Crippen LogP contribution >= 0.6 is 11.3 Å². The summed E-state index contributed by atoms with van der Waals surface area (Å²) in [6.45, 7) is 0.659. The van der Waals surface area contributed by atoms with Crippen LogP contribution in [0, 0.1) is 0 Å². The number of para-hydroxylation sites is 1. The molecule has 4 nitrogen and oxygen atoms in total. The fourth-order valence-electron chi connectivity index (χ4n) is 2.17. The van der Waals surface area contributed by atoms with E-state index in [0.29, 0.717) is 6.54 Å². The number of halogens is 1. The molecule has 0 saturated carbocycles. The maximum absolute atomic E-state index is 13.0. The smallest absolute Gasteiger partial charge is 0.237 e. The Bertz CT molecular complexity index is 567. The zero-order chi connectivity index (χ0) is 13.2. The van der Waals surface area contributed by atoms with E-state index < -0.39 is 12.2 Å². The summed E-state index contributed by atoms with van der Waals surface area (Å²) >= 11 is 1.56. The highest BCUT2D eigenvalue weighted by atomic mass is 32.1. The van der Waals surface area contributed by atoms with Gasteiger partial charge < -0.3 is 10.6 Å². The minimum Gasteiger partial charge on any atom is -0.348 e. The molecule has 1 aromatic carbocycles. The molecule has 0 radical (unpaired) electrons. The minimum absolute atomic E-state index is 0.153. The van der Waals surface area contributed by atoms with Gasteiger partial charge in [0.05, 0.1) is 22.8 Å². The summed E-state index contributed by atoms with van der Waals surface area (Å²) in [4.78, 5) is 16.3. The van der Waals surface area contributed by atoms with E-state index in [-0.39, 0.29) is 18.9 Å². The van der Waals surface area contributed by atoms with Crippen molar-refractivity contribution >= 4 is 27.5 Å². The van der Waals surface area contributed by atoms with Crippen LogP contribution in [-0.2, 0) is 11.3 Å². The first-order chi connectivity index (χ1) is 9.22. The van der Waals surface area contributed by atoms with E-state index in [1.807, 2.05) is 24.3 Å². The largest absolute Gasteiger partial charge is 0.348 e. The van der Waals surface area contributed by atoms with Gasteiger partial charge in [-0.1, -0.05) is 12.1 Å². The molecule has 1 aliphatic heterocycles. The molecule has 0 unspecified atom stereocenters. The van der Waals surface area contributed by atoms with E-state index in [4.69, 9.17) is 0 Å². The highest BCUT2D eigenvalue weighted by Crippen LogP contribution is 2.21. The lowest BCUT2D eigenvalue weighted by atomic mass is 10.2. The summed E-state index contributed by atoms with van der Waals surface area (Å²) in [5.41, 5.74) is 0.944. The van der Waals surface area contributed by atoms with Gasteiger partial charge in [-0.3, -0.25) is 4.79 Å². The summed E-state index contributed by atoms with van der Waals surface area (Å²) in [6, 6.07) is 7.44. The summed E-state index contributed by atoms with van der Waals surface area (Å²) < 4.78 is 14.1. The van der Waals surface area contributed by atoms with Gasteiger partial charge in [-0.2, -0.15) is 0 Å². The molecule has 100 valence electrons. The number of benzene rings is 1. The Morgan fingerprint density at radius 1 is 1.53 bits per heavy atom. The second-order valence-corrected chi connectivity index (χ2v) is 5.70. The monoisotopic (exact) mass is 279 g/mol. The third kappa shape index (κ3) is 2.74. The number of nitrogens with one attached hydrogen (secondary N) is 2. The molecule has 0 aliphatic carbocycles. The van der Waals surface area contributed by atoms with Crippen LogP contribution in [0.4, 0.5) is 4.39 Å². The average molecular weight is 279 g/mol. The molecule has 1 amide bonds. The average Bonchev–Trinajstić information content (AvgIpc) is 3.01.